The van der Waals surface area contributed by atoms with Gasteiger partial charge in [0.1, 0.15) is 11.0 Å². The molecule has 11 heteroatoms. The van der Waals surface area contributed by atoms with Crippen molar-refractivity contribution >= 4 is 33.8 Å². The van der Waals surface area contributed by atoms with Crippen LogP contribution >= 0.6 is 0 Å². The normalized spacial score (nSPS) is 14.5. The van der Waals surface area contributed by atoms with E-state index in [-0.39, 0.29) is 18.6 Å². The number of amides is 1. The van der Waals surface area contributed by atoms with Crippen LogP contribution in [0.25, 0.3) is 56.1 Å². The summed E-state index contributed by atoms with van der Waals surface area (Å²) in [4.78, 5) is 34.3. The number of fused-ring (bicyclic) bond motifs is 3. The molecule has 0 bridgehead atoms. The van der Waals surface area contributed by atoms with Gasteiger partial charge in [0, 0.05) is 29.4 Å². The maximum absolute atomic E-state index is 12.4. The van der Waals surface area contributed by atoms with Crippen LogP contribution in [0.2, 0.25) is 0 Å². The Morgan fingerprint density at radius 2 is 1.88 bits per heavy atom. The highest BCUT2D eigenvalue weighted by Crippen LogP contribution is 2.38. The number of nitrogens with one attached hydrogen (secondary N) is 3. The number of imidazole rings is 1. The lowest BCUT2D eigenvalue weighted by Gasteiger charge is -2.24. The summed E-state index contributed by atoms with van der Waals surface area (Å²) in [6.07, 6.45) is 8.11. The van der Waals surface area contributed by atoms with Gasteiger partial charge in [-0.3, -0.25) is 14.9 Å². The van der Waals surface area contributed by atoms with Gasteiger partial charge in [-0.15, -0.1) is 0 Å². The van der Waals surface area contributed by atoms with E-state index in [2.05, 4.69) is 30.5 Å². The third-order valence-corrected chi connectivity index (χ3v) is 7.48. The Kier molecular flexibility index (Phi) is 5.02. The minimum absolute atomic E-state index is 0.0457. The maximum Gasteiger partial charge on any atom is 0.231 e. The SMILES string of the molecule is O=C(Nc1cncc(-c2ccc3[nH]nc(-c4nc5c(-c6ccc7c(c6)OCO7)ccnc5[nH]4)c3n2)c1)C1CCC1. The molecule has 6 heterocycles. The average Bonchev–Trinajstić information content (AvgIpc) is 3.69. The molecule has 1 aliphatic heterocycles. The van der Waals surface area contributed by atoms with E-state index in [9.17, 15) is 4.79 Å². The summed E-state index contributed by atoms with van der Waals surface area (Å²) in [5.74, 6) is 2.11. The summed E-state index contributed by atoms with van der Waals surface area (Å²) in [6.45, 7) is 0.216. The van der Waals surface area contributed by atoms with Crippen molar-refractivity contribution in [1.82, 2.24) is 35.1 Å². The number of rotatable bonds is 5. The molecule has 1 fully saturated rings. The Morgan fingerprint density at radius 3 is 2.77 bits per heavy atom. The summed E-state index contributed by atoms with van der Waals surface area (Å²) in [7, 11) is 0. The number of carbonyl (C=O) groups excluding carboxylic acids is 1. The topological polar surface area (TPSA) is 144 Å². The average molecular weight is 531 g/mol. The van der Waals surface area contributed by atoms with Crippen LogP contribution < -0.4 is 14.8 Å². The standard InChI is InChI=1S/C29H22N8O3/c38-29(15-2-1-3-15)32-18-10-17(12-30-13-18)20-5-6-21-25(33-20)26(37-36-21)28-34-24-19(8-9-31-27(24)35-28)16-4-7-22-23(11-16)40-14-39-22/h4-13,15H,1-3,14H2,(H,32,38)(H,36,37)(H,31,34,35). The van der Waals surface area contributed by atoms with Crippen LogP contribution in [0, 0.1) is 5.92 Å². The first-order chi connectivity index (χ1) is 19.7. The molecule has 1 amide bonds. The van der Waals surface area contributed by atoms with Crippen LogP contribution in [0.3, 0.4) is 0 Å². The van der Waals surface area contributed by atoms with E-state index in [1.54, 1.807) is 18.6 Å². The number of nitrogens with zero attached hydrogens (tertiary/aromatic N) is 5. The Morgan fingerprint density at radius 1 is 0.950 bits per heavy atom. The first kappa shape index (κ1) is 22.6. The van der Waals surface area contributed by atoms with Crippen molar-refractivity contribution in [1.29, 1.82) is 0 Å². The van der Waals surface area contributed by atoms with Gasteiger partial charge >= 0.3 is 0 Å². The van der Waals surface area contributed by atoms with Gasteiger partial charge in [0.15, 0.2) is 28.7 Å². The summed E-state index contributed by atoms with van der Waals surface area (Å²) >= 11 is 0. The second-order valence-corrected chi connectivity index (χ2v) is 9.95. The van der Waals surface area contributed by atoms with E-state index >= 15 is 0 Å². The van der Waals surface area contributed by atoms with Crippen molar-refractivity contribution in [2.45, 2.75) is 19.3 Å². The number of ether oxygens (including phenoxy) is 2. The monoisotopic (exact) mass is 530 g/mol. The summed E-state index contributed by atoms with van der Waals surface area (Å²) < 4.78 is 11.0. The molecule has 0 unspecified atom stereocenters. The van der Waals surface area contributed by atoms with Gasteiger partial charge in [-0.25, -0.2) is 15.0 Å². The molecule has 0 radical (unpaired) electrons. The van der Waals surface area contributed by atoms with E-state index < -0.39 is 0 Å². The second-order valence-electron chi connectivity index (χ2n) is 9.95. The van der Waals surface area contributed by atoms with Crippen LogP contribution in [-0.4, -0.2) is 47.8 Å². The van der Waals surface area contributed by atoms with Crippen molar-refractivity contribution in [2.24, 2.45) is 5.92 Å². The number of benzene rings is 1. The highest BCUT2D eigenvalue weighted by Gasteiger charge is 2.25. The molecule has 6 aromatic rings. The van der Waals surface area contributed by atoms with Crippen LogP contribution in [-0.2, 0) is 4.79 Å². The van der Waals surface area contributed by atoms with Crippen LogP contribution in [0.1, 0.15) is 19.3 Å². The Hall–Kier alpha value is -5.32. The molecule has 0 atom stereocenters. The maximum atomic E-state index is 12.4. The number of carbonyl (C=O) groups is 1. The van der Waals surface area contributed by atoms with Crippen molar-refractivity contribution in [2.75, 3.05) is 12.1 Å². The second kappa shape index (κ2) is 8.87. The number of H-pyrrole nitrogens is 2. The van der Waals surface area contributed by atoms with E-state index in [0.29, 0.717) is 45.3 Å². The lowest BCUT2D eigenvalue weighted by Crippen LogP contribution is -2.28. The molecule has 0 spiro atoms. The Balaban J connectivity index is 1.16. The van der Waals surface area contributed by atoms with E-state index in [0.717, 1.165) is 47.2 Å². The van der Waals surface area contributed by atoms with E-state index in [1.807, 2.05) is 42.5 Å². The molecular weight excluding hydrogens is 508 g/mol. The van der Waals surface area contributed by atoms with Crippen molar-refractivity contribution < 1.29 is 14.3 Å². The molecule has 1 saturated carbocycles. The lowest BCUT2D eigenvalue weighted by atomic mass is 9.85. The fourth-order valence-electron chi connectivity index (χ4n) is 5.11. The Labute approximate surface area is 227 Å². The predicted molar refractivity (Wildman–Crippen MR) is 148 cm³/mol. The highest BCUT2D eigenvalue weighted by atomic mass is 16.7. The van der Waals surface area contributed by atoms with Gasteiger partial charge < -0.3 is 19.8 Å². The first-order valence-electron chi connectivity index (χ1n) is 13.1. The lowest BCUT2D eigenvalue weighted by molar-refractivity contribution is -0.122. The molecule has 1 aromatic carbocycles. The smallest absolute Gasteiger partial charge is 0.231 e. The minimum atomic E-state index is 0.0457. The van der Waals surface area contributed by atoms with E-state index in [4.69, 9.17) is 19.4 Å². The molecule has 40 heavy (non-hydrogen) atoms. The fraction of sp³-hybridized carbons (Fsp3) is 0.172. The third-order valence-electron chi connectivity index (χ3n) is 7.48. The third kappa shape index (κ3) is 3.74. The zero-order chi connectivity index (χ0) is 26.6. The zero-order valence-electron chi connectivity index (χ0n) is 21.1. The van der Waals surface area contributed by atoms with Gasteiger partial charge in [-0.05, 0) is 54.8 Å². The van der Waals surface area contributed by atoms with Crippen LogP contribution in [0.15, 0.2) is 61.1 Å². The molecule has 3 N–H and O–H groups in total. The van der Waals surface area contributed by atoms with Gasteiger partial charge in [0.05, 0.1) is 23.1 Å². The quantitative estimate of drug-likeness (QED) is 0.280. The molecule has 1 aliphatic carbocycles. The largest absolute Gasteiger partial charge is 0.454 e. The predicted octanol–water partition coefficient (Wildman–Crippen LogP) is 5.09. The van der Waals surface area contributed by atoms with Gasteiger partial charge in [-0.2, -0.15) is 5.10 Å². The molecule has 8 rings (SSSR count). The molecule has 0 saturated heterocycles. The number of pyridine rings is 3. The molecule has 5 aromatic heterocycles. The van der Waals surface area contributed by atoms with Gasteiger partial charge in [-0.1, -0.05) is 12.5 Å². The van der Waals surface area contributed by atoms with Crippen molar-refractivity contribution in [3.63, 3.8) is 0 Å². The summed E-state index contributed by atoms with van der Waals surface area (Å²) in [5.41, 5.74) is 7.35. The molecule has 196 valence electrons. The van der Waals surface area contributed by atoms with Crippen LogP contribution in [0.5, 0.6) is 11.5 Å². The van der Waals surface area contributed by atoms with Crippen LogP contribution in [0.4, 0.5) is 5.69 Å². The number of anilines is 1. The number of hydrogen-bond donors (Lipinski definition) is 3. The molecule has 11 nitrogen and oxygen atoms in total. The summed E-state index contributed by atoms with van der Waals surface area (Å²) in [6, 6.07) is 13.5. The number of hydrogen-bond acceptors (Lipinski definition) is 8. The molecular formula is C29H22N8O3. The van der Waals surface area contributed by atoms with Gasteiger partial charge in [0.2, 0.25) is 12.7 Å². The first-order valence-corrected chi connectivity index (χ1v) is 13.1. The van der Waals surface area contributed by atoms with Crippen molar-refractivity contribution in [3.8, 4) is 45.4 Å². The van der Waals surface area contributed by atoms with Gasteiger partial charge in [0.25, 0.3) is 0 Å². The number of aromatic amines is 2. The number of aromatic nitrogens is 7. The van der Waals surface area contributed by atoms with E-state index in [1.165, 1.54) is 0 Å². The Bertz CT molecular complexity index is 1940. The minimum Gasteiger partial charge on any atom is -0.454 e. The molecule has 2 aliphatic rings. The summed E-state index contributed by atoms with van der Waals surface area (Å²) in [5, 5.41) is 10.6. The fourth-order valence-corrected chi connectivity index (χ4v) is 5.11. The van der Waals surface area contributed by atoms with Crippen molar-refractivity contribution in [3.05, 3.63) is 61.1 Å². The zero-order valence-corrected chi connectivity index (χ0v) is 21.1. The highest BCUT2D eigenvalue weighted by molar-refractivity contribution is 5.96.